The van der Waals surface area contributed by atoms with Gasteiger partial charge in [0.05, 0.1) is 24.8 Å². The van der Waals surface area contributed by atoms with E-state index in [1.807, 2.05) is 45.9 Å². The number of carbonyl (C=O) groups is 1. The second kappa shape index (κ2) is 7.90. The summed E-state index contributed by atoms with van der Waals surface area (Å²) in [4.78, 5) is 12.4. The van der Waals surface area contributed by atoms with Crippen LogP contribution >= 0.6 is 0 Å². The smallest absolute Gasteiger partial charge is 0.255 e. The van der Waals surface area contributed by atoms with Crippen molar-refractivity contribution < 1.29 is 18.7 Å². The lowest BCUT2D eigenvalue weighted by Gasteiger charge is -2.17. The largest absolute Gasteiger partial charge is 0.490 e. The van der Waals surface area contributed by atoms with Crippen molar-refractivity contribution in [3.8, 4) is 11.5 Å². The van der Waals surface area contributed by atoms with E-state index < -0.39 is 0 Å². The predicted octanol–water partition coefficient (Wildman–Crippen LogP) is 4.18. The molecule has 1 aromatic carbocycles. The highest BCUT2D eigenvalue weighted by molar-refractivity contribution is 5.95. The first-order valence-corrected chi connectivity index (χ1v) is 8.23. The topological polar surface area (TPSA) is 60.7 Å². The molecule has 0 saturated heterocycles. The molecule has 0 aliphatic rings. The third-order valence-corrected chi connectivity index (χ3v) is 3.70. The number of rotatable bonds is 7. The van der Waals surface area contributed by atoms with E-state index in [9.17, 15) is 4.79 Å². The molecule has 130 valence electrons. The third kappa shape index (κ3) is 4.10. The van der Waals surface area contributed by atoms with Gasteiger partial charge in [-0.15, -0.1) is 0 Å². The molecule has 0 fully saturated rings. The van der Waals surface area contributed by atoms with Crippen molar-refractivity contribution in [2.75, 3.05) is 13.2 Å². The first kappa shape index (κ1) is 17.9. The van der Waals surface area contributed by atoms with Crippen LogP contribution in [0.3, 0.4) is 0 Å². The van der Waals surface area contributed by atoms with Gasteiger partial charge < -0.3 is 19.2 Å². The second-order valence-corrected chi connectivity index (χ2v) is 5.59. The molecule has 0 radical (unpaired) electrons. The predicted molar refractivity (Wildman–Crippen MR) is 92.8 cm³/mol. The van der Waals surface area contributed by atoms with Crippen LogP contribution in [0.2, 0.25) is 0 Å². The normalized spacial score (nSPS) is 11.9. The molecule has 0 bridgehead atoms. The second-order valence-electron chi connectivity index (χ2n) is 5.59. The van der Waals surface area contributed by atoms with E-state index in [4.69, 9.17) is 13.9 Å². The molecule has 1 N–H and O–H groups in total. The Morgan fingerprint density at radius 1 is 1.12 bits per heavy atom. The Labute approximate surface area is 143 Å². The van der Waals surface area contributed by atoms with E-state index in [-0.39, 0.29) is 11.9 Å². The fraction of sp³-hybridized carbons (Fsp3) is 0.421. The maximum absolute atomic E-state index is 12.4. The molecule has 1 amide bonds. The minimum atomic E-state index is -0.165. The van der Waals surface area contributed by atoms with Gasteiger partial charge in [-0.1, -0.05) is 6.07 Å². The number of ether oxygens (including phenoxy) is 2. The quantitative estimate of drug-likeness (QED) is 0.826. The van der Waals surface area contributed by atoms with Crippen LogP contribution in [0.5, 0.6) is 11.5 Å². The van der Waals surface area contributed by atoms with Crippen molar-refractivity contribution in [3.63, 3.8) is 0 Å². The van der Waals surface area contributed by atoms with E-state index in [2.05, 4.69) is 5.32 Å². The Bertz CT molecular complexity index is 705. The Morgan fingerprint density at radius 2 is 1.79 bits per heavy atom. The first-order chi connectivity index (χ1) is 11.5. The average Bonchev–Trinajstić information content (AvgIpc) is 2.88. The maximum Gasteiger partial charge on any atom is 0.255 e. The molecule has 0 saturated carbocycles. The van der Waals surface area contributed by atoms with Gasteiger partial charge in [0.1, 0.15) is 11.5 Å². The highest BCUT2D eigenvalue weighted by atomic mass is 16.5. The van der Waals surface area contributed by atoms with Gasteiger partial charge in [-0.3, -0.25) is 4.79 Å². The molecular formula is C19H25NO4. The molecule has 1 aromatic heterocycles. The summed E-state index contributed by atoms with van der Waals surface area (Å²) in [6.07, 6.45) is 0. The minimum absolute atomic E-state index is 0.149. The van der Waals surface area contributed by atoms with Crippen molar-refractivity contribution >= 4 is 5.91 Å². The molecule has 0 spiro atoms. The Morgan fingerprint density at radius 3 is 2.38 bits per heavy atom. The highest BCUT2D eigenvalue weighted by Gasteiger charge is 2.17. The Kier molecular flexibility index (Phi) is 5.90. The van der Waals surface area contributed by atoms with E-state index >= 15 is 0 Å². The lowest BCUT2D eigenvalue weighted by molar-refractivity contribution is 0.0938. The summed E-state index contributed by atoms with van der Waals surface area (Å²) in [5, 5.41) is 2.99. The van der Waals surface area contributed by atoms with Gasteiger partial charge in [-0.05, 0) is 58.4 Å². The average molecular weight is 331 g/mol. The number of furan rings is 1. The molecule has 5 nitrogen and oxygen atoms in total. The lowest BCUT2D eigenvalue weighted by atomic mass is 10.1. The summed E-state index contributed by atoms with van der Waals surface area (Å²) in [5.41, 5.74) is 1.52. The van der Waals surface area contributed by atoms with Crippen molar-refractivity contribution in [1.29, 1.82) is 0 Å². The third-order valence-electron chi connectivity index (χ3n) is 3.70. The van der Waals surface area contributed by atoms with Gasteiger partial charge >= 0.3 is 0 Å². The van der Waals surface area contributed by atoms with Gasteiger partial charge in [0, 0.05) is 0 Å². The van der Waals surface area contributed by atoms with E-state index in [0.29, 0.717) is 36.0 Å². The molecule has 24 heavy (non-hydrogen) atoms. The standard InChI is InChI=1S/C19H25NO4/c1-6-22-17-9-8-15(11-18(17)23-7-2)13(4)20-19(21)16-10-12(3)24-14(16)5/h8-11,13H,6-7H2,1-5H3,(H,20,21). The number of amides is 1. The molecule has 1 unspecified atom stereocenters. The molecule has 1 atom stereocenters. The number of hydrogen-bond acceptors (Lipinski definition) is 4. The number of hydrogen-bond donors (Lipinski definition) is 1. The Balaban J connectivity index is 2.16. The molecule has 0 aliphatic carbocycles. The molecule has 5 heteroatoms. The van der Waals surface area contributed by atoms with Gasteiger partial charge in [0.25, 0.3) is 5.91 Å². The number of benzene rings is 1. The van der Waals surface area contributed by atoms with Crippen molar-refractivity contribution in [2.45, 2.75) is 40.7 Å². The summed E-state index contributed by atoms with van der Waals surface area (Å²) in [7, 11) is 0. The Hall–Kier alpha value is -2.43. The van der Waals surface area contributed by atoms with E-state index in [1.165, 1.54) is 0 Å². The van der Waals surface area contributed by atoms with E-state index in [1.54, 1.807) is 13.0 Å². The molecule has 2 aromatic rings. The molecular weight excluding hydrogens is 306 g/mol. The van der Waals surface area contributed by atoms with Crippen LogP contribution in [-0.4, -0.2) is 19.1 Å². The van der Waals surface area contributed by atoms with Gasteiger partial charge in [0.15, 0.2) is 11.5 Å². The van der Waals surface area contributed by atoms with Crippen LogP contribution in [0.15, 0.2) is 28.7 Å². The van der Waals surface area contributed by atoms with Crippen molar-refractivity contribution in [1.82, 2.24) is 5.32 Å². The lowest BCUT2D eigenvalue weighted by Crippen LogP contribution is -2.26. The van der Waals surface area contributed by atoms with Gasteiger partial charge in [0.2, 0.25) is 0 Å². The van der Waals surface area contributed by atoms with Crippen molar-refractivity contribution in [3.05, 3.63) is 46.9 Å². The monoisotopic (exact) mass is 331 g/mol. The zero-order chi connectivity index (χ0) is 17.7. The maximum atomic E-state index is 12.4. The molecule has 0 aliphatic heterocycles. The summed E-state index contributed by atoms with van der Waals surface area (Å²) in [5.74, 6) is 2.60. The zero-order valence-electron chi connectivity index (χ0n) is 14.9. The first-order valence-electron chi connectivity index (χ1n) is 8.23. The van der Waals surface area contributed by atoms with Gasteiger partial charge in [-0.2, -0.15) is 0 Å². The van der Waals surface area contributed by atoms with Crippen LogP contribution in [0.1, 0.15) is 54.3 Å². The summed E-state index contributed by atoms with van der Waals surface area (Å²) in [6.45, 7) is 10.5. The molecule has 1 heterocycles. The van der Waals surface area contributed by atoms with Crippen LogP contribution in [-0.2, 0) is 0 Å². The molecule has 2 rings (SSSR count). The fourth-order valence-electron chi connectivity index (χ4n) is 2.55. The highest BCUT2D eigenvalue weighted by Crippen LogP contribution is 2.31. The van der Waals surface area contributed by atoms with Crippen LogP contribution < -0.4 is 14.8 Å². The van der Waals surface area contributed by atoms with Crippen molar-refractivity contribution in [2.24, 2.45) is 0 Å². The van der Waals surface area contributed by atoms with Crippen LogP contribution in [0.25, 0.3) is 0 Å². The number of carbonyl (C=O) groups excluding carboxylic acids is 1. The summed E-state index contributed by atoms with van der Waals surface area (Å²) >= 11 is 0. The SMILES string of the molecule is CCOc1ccc(C(C)NC(=O)c2cc(C)oc2C)cc1OCC. The number of aryl methyl sites for hydroxylation is 2. The van der Waals surface area contributed by atoms with Gasteiger partial charge in [-0.25, -0.2) is 0 Å². The fourth-order valence-corrected chi connectivity index (χ4v) is 2.55. The minimum Gasteiger partial charge on any atom is -0.490 e. The summed E-state index contributed by atoms with van der Waals surface area (Å²) < 4.78 is 16.6. The number of nitrogens with one attached hydrogen (secondary N) is 1. The summed E-state index contributed by atoms with van der Waals surface area (Å²) in [6, 6.07) is 7.31. The van der Waals surface area contributed by atoms with Crippen LogP contribution in [0, 0.1) is 13.8 Å². The van der Waals surface area contributed by atoms with E-state index in [0.717, 1.165) is 11.3 Å². The zero-order valence-corrected chi connectivity index (χ0v) is 14.9. The van der Waals surface area contributed by atoms with Crippen LogP contribution in [0.4, 0.5) is 0 Å².